The molecule has 3 nitrogen and oxygen atoms in total. The van der Waals surface area contributed by atoms with Crippen LogP contribution in [0.15, 0.2) is 24.5 Å². The van der Waals surface area contributed by atoms with Gasteiger partial charge in [0.2, 0.25) is 0 Å². The van der Waals surface area contributed by atoms with Crippen LogP contribution in [0.25, 0.3) is 0 Å². The molecule has 0 atom stereocenters. The van der Waals surface area contributed by atoms with Gasteiger partial charge in [0.25, 0.3) is 0 Å². The fourth-order valence-corrected chi connectivity index (χ4v) is 2.60. The Morgan fingerprint density at radius 2 is 2.06 bits per heavy atom. The molecule has 0 aromatic carbocycles. The zero-order valence-electron chi connectivity index (χ0n) is 9.84. The summed E-state index contributed by atoms with van der Waals surface area (Å²) in [7, 11) is 1.99. The van der Waals surface area contributed by atoms with Crippen LogP contribution in [0.1, 0.15) is 31.2 Å². The van der Waals surface area contributed by atoms with Gasteiger partial charge in [-0.1, -0.05) is 12.2 Å². The first-order chi connectivity index (χ1) is 7.83. The maximum absolute atomic E-state index is 4.25. The molecule has 16 heavy (non-hydrogen) atoms. The van der Waals surface area contributed by atoms with E-state index < -0.39 is 0 Å². The molecule has 0 amide bonds. The maximum Gasteiger partial charge on any atom is 0.0534 e. The van der Waals surface area contributed by atoms with Gasteiger partial charge in [-0.2, -0.15) is 5.10 Å². The Morgan fingerprint density at radius 1 is 1.31 bits per heavy atom. The molecule has 1 saturated carbocycles. The Labute approximate surface area is 96.7 Å². The maximum atomic E-state index is 4.25. The summed E-state index contributed by atoms with van der Waals surface area (Å²) in [6, 6.07) is 1.58. The summed E-state index contributed by atoms with van der Waals surface area (Å²) in [5, 5.41) is 4.25. The quantitative estimate of drug-likeness (QED) is 0.720. The molecule has 2 aliphatic rings. The van der Waals surface area contributed by atoms with E-state index in [-0.39, 0.29) is 0 Å². The van der Waals surface area contributed by atoms with E-state index in [4.69, 9.17) is 0 Å². The number of rotatable bonds is 4. The molecule has 1 aromatic rings. The standard InChI is InChI=1S/C13H19N3/c1-15-9-11(8-14-15)10-16(13-6-7-13)12-4-2-3-5-12/h2-3,8-9,12-13H,4-7,10H2,1H3. The zero-order valence-corrected chi connectivity index (χ0v) is 9.84. The second-order valence-electron chi connectivity index (χ2n) is 5.02. The predicted molar refractivity (Wildman–Crippen MR) is 63.9 cm³/mol. The number of nitrogens with zero attached hydrogens (tertiary/aromatic N) is 3. The van der Waals surface area contributed by atoms with Gasteiger partial charge in [-0.15, -0.1) is 0 Å². The molecule has 3 heteroatoms. The number of aryl methyl sites for hydroxylation is 1. The van der Waals surface area contributed by atoms with Crippen LogP contribution in [0, 0.1) is 0 Å². The summed E-state index contributed by atoms with van der Waals surface area (Å²) in [4.78, 5) is 2.68. The predicted octanol–water partition coefficient (Wildman–Crippen LogP) is 2.10. The molecule has 1 heterocycles. The topological polar surface area (TPSA) is 21.1 Å². The van der Waals surface area contributed by atoms with Gasteiger partial charge in [-0.25, -0.2) is 0 Å². The smallest absolute Gasteiger partial charge is 0.0534 e. The van der Waals surface area contributed by atoms with Gasteiger partial charge in [0, 0.05) is 37.4 Å². The van der Waals surface area contributed by atoms with Crippen LogP contribution in [0.2, 0.25) is 0 Å². The molecule has 1 aromatic heterocycles. The zero-order chi connectivity index (χ0) is 11.0. The van der Waals surface area contributed by atoms with E-state index in [9.17, 15) is 0 Å². The van der Waals surface area contributed by atoms with Crippen LogP contribution in [-0.4, -0.2) is 26.8 Å². The number of aromatic nitrogens is 2. The summed E-state index contributed by atoms with van der Waals surface area (Å²) in [5.74, 6) is 0. The lowest BCUT2D eigenvalue weighted by Gasteiger charge is -2.28. The van der Waals surface area contributed by atoms with Crippen molar-refractivity contribution < 1.29 is 0 Å². The van der Waals surface area contributed by atoms with Crippen LogP contribution >= 0.6 is 0 Å². The Morgan fingerprint density at radius 3 is 2.62 bits per heavy atom. The van der Waals surface area contributed by atoms with Gasteiger partial charge in [0.05, 0.1) is 6.20 Å². The fourth-order valence-electron chi connectivity index (χ4n) is 2.60. The van der Waals surface area contributed by atoms with E-state index in [1.807, 2.05) is 17.9 Å². The number of hydrogen-bond acceptors (Lipinski definition) is 2. The summed E-state index contributed by atoms with van der Waals surface area (Å²) < 4.78 is 1.90. The summed E-state index contributed by atoms with van der Waals surface area (Å²) in [5.41, 5.74) is 1.35. The second-order valence-corrected chi connectivity index (χ2v) is 5.02. The van der Waals surface area contributed by atoms with Crippen molar-refractivity contribution in [2.45, 2.75) is 44.3 Å². The molecule has 86 valence electrons. The van der Waals surface area contributed by atoms with Crippen molar-refractivity contribution in [2.24, 2.45) is 7.05 Å². The van der Waals surface area contributed by atoms with E-state index in [0.717, 1.165) is 18.6 Å². The highest BCUT2D eigenvalue weighted by molar-refractivity contribution is 5.08. The summed E-state index contributed by atoms with van der Waals surface area (Å²) >= 11 is 0. The van der Waals surface area contributed by atoms with Crippen molar-refractivity contribution >= 4 is 0 Å². The van der Waals surface area contributed by atoms with Crippen molar-refractivity contribution in [3.8, 4) is 0 Å². The minimum absolute atomic E-state index is 0.743. The minimum atomic E-state index is 0.743. The lowest BCUT2D eigenvalue weighted by Crippen LogP contribution is -2.34. The van der Waals surface area contributed by atoms with Crippen molar-refractivity contribution in [3.63, 3.8) is 0 Å². The molecular formula is C13H19N3. The van der Waals surface area contributed by atoms with Gasteiger partial charge in [0.15, 0.2) is 0 Å². The Hall–Kier alpha value is -1.09. The molecule has 0 saturated heterocycles. The average molecular weight is 217 g/mol. The normalized spacial score (nSPS) is 21.1. The third kappa shape index (κ3) is 2.05. The molecule has 0 radical (unpaired) electrons. The molecule has 0 spiro atoms. The van der Waals surface area contributed by atoms with Crippen LogP contribution in [-0.2, 0) is 13.6 Å². The minimum Gasteiger partial charge on any atom is -0.292 e. The van der Waals surface area contributed by atoms with Gasteiger partial charge < -0.3 is 0 Å². The van der Waals surface area contributed by atoms with Crippen LogP contribution in [0.3, 0.4) is 0 Å². The third-order valence-electron chi connectivity index (χ3n) is 3.59. The average Bonchev–Trinajstić information content (AvgIpc) is 2.80. The highest BCUT2D eigenvalue weighted by Crippen LogP contribution is 2.33. The summed E-state index contributed by atoms with van der Waals surface area (Å²) in [6.07, 6.45) is 14.0. The van der Waals surface area contributed by atoms with Gasteiger partial charge >= 0.3 is 0 Å². The lowest BCUT2D eigenvalue weighted by atomic mass is 10.1. The largest absolute Gasteiger partial charge is 0.292 e. The van der Waals surface area contributed by atoms with Gasteiger partial charge in [-0.3, -0.25) is 9.58 Å². The molecule has 1 fully saturated rings. The molecule has 0 N–H and O–H groups in total. The van der Waals surface area contributed by atoms with Crippen molar-refractivity contribution in [1.29, 1.82) is 0 Å². The number of hydrogen-bond donors (Lipinski definition) is 0. The van der Waals surface area contributed by atoms with Crippen LogP contribution in [0.5, 0.6) is 0 Å². The Balaban J connectivity index is 1.69. The highest BCUT2D eigenvalue weighted by Gasteiger charge is 2.34. The van der Waals surface area contributed by atoms with Crippen LogP contribution < -0.4 is 0 Å². The van der Waals surface area contributed by atoms with Gasteiger partial charge in [-0.05, 0) is 25.7 Å². The van der Waals surface area contributed by atoms with E-state index in [2.05, 4.69) is 28.3 Å². The van der Waals surface area contributed by atoms with Crippen molar-refractivity contribution in [3.05, 3.63) is 30.1 Å². The van der Waals surface area contributed by atoms with Gasteiger partial charge in [0.1, 0.15) is 0 Å². The van der Waals surface area contributed by atoms with Crippen LogP contribution in [0.4, 0.5) is 0 Å². The van der Waals surface area contributed by atoms with Crippen molar-refractivity contribution in [2.75, 3.05) is 0 Å². The molecule has 3 rings (SSSR count). The van der Waals surface area contributed by atoms with E-state index in [1.54, 1.807) is 0 Å². The summed E-state index contributed by atoms with van der Waals surface area (Å²) in [6.45, 7) is 1.07. The third-order valence-corrected chi connectivity index (χ3v) is 3.59. The molecular weight excluding hydrogens is 198 g/mol. The van der Waals surface area contributed by atoms with E-state index in [1.165, 1.54) is 31.2 Å². The Bertz CT molecular complexity index is 382. The molecule has 0 bridgehead atoms. The fraction of sp³-hybridized carbons (Fsp3) is 0.615. The molecule has 2 aliphatic carbocycles. The van der Waals surface area contributed by atoms with E-state index >= 15 is 0 Å². The van der Waals surface area contributed by atoms with Crippen molar-refractivity contribution in [1.82, 2.24) is 14.7 Å². The SMILES string of the molecule is Cn1cc(CN(C2CC=CC2)C2CC2)cn1. The first-order valence-corrected chi connectivity index (χ1v) is 6.21. The molecule has 0 unspecified atom stereocenters. The Kier molecular flexibility index (Phi) is 2.56. The highest BCUT2D eigenvalue weighted by atomic mass is 15.3. The second kappa shape index (κ2) is 4.06. The van der Waals surface area contributed by atoms with E-state index in [0.29, 0.717) is 0 Å². The first-order valence-electron chi connectivity index (χ1n) is 6.21. The monoisotopic (exact) mass is 217 g/mol. The lowest BCUT2D eigenvalue weighted by molar-refractivity contribution is 0.184. The first kappa shape index (κ1) is 10.1. The molecule has 0 aliphatic heterocycles.